The van der Waals surface area contributed by atoms with Crippen LogP contribution in [0.25, 0.3) is 0 Å². The Hall–Kier alpha value is -1.36. The normalized spacial score (nSPS) is 11.6. The van der Waals surface area contributed by atoms with Crippen LogP contribution in [-0.2, 0) is 25.7 Å². The Kier molecular flexibility index (Phi) is 5.69. The quantitative estimate of drug-likeness (QED) is 0.617. The molecule has 4 nitrogen and oxygen atoms in total. The number of carbonyl (C=O) groups excluding carboxylic acids is 2. The van der Waals surface area contributed by atoms with Crippen molar-refractivity contribution in [3.05, 3.63) is 35.9 Å². The molecule has 1 aromatic carbocycles. The molecule has 0 amide bonds. The van der Waals surface area contributed by atoms with Gasteiger partial charge in [0.1, 0.15) is 11.9 Å². The Morgan fingerprint density at radius 3 is 2.53 bits per heavy atom. The first-order chi connectivity index (χ1) is 8.13. The van der Waals surface area contributed by atoms with Gasteiger partial charge < -0.3 is 9.47 Å². The van der Waals surface area contributed by atoms with Crippen molar-refractivity contribution in [2.45, 2.75) is 19.6 Å². The molecule has 17 heavy (non-hydrogen) atoms. The fourth-order valence-electron chi connectivity index (χ4n) is 1.12. The Labute approximate surface area is 108 Å². The summed E-state index contributed by atoms with van der Waals surface area (Å²) in [6, 6.07) is 9.30. The van der Waals surface area contributed by atoms with E-state index in [1.54, 1.807) is 0 Å². The first-order valence-corrected chi connectivity index (χ1v) is 6.21. The Balaban J connectivity index is 2.37. The van der Waals surface area contributed by atoms with Crippen molar-refractivity contribution in [3.8, 4) is 0 Å². The number of ether oxygens (including phenoxy) is 2. The summed E-state index contributed by atoms with van der Waals surface area (Å²) in [7, 11) is 0. The average molecular weight is 301 g/mol. The van der Waals surface area contributed by atoms with Gasteiger partial charge in [-0.1, -0.05) is 46.3 Å². The molecule has 0 heterocycles. The van der Waals surface area contributed by atoms with Gasteiger partial charge in [-0.3, -0.25) is 4.79 Å². The van der Waals surface area contributed by atoms with Gasteiger partial charge in [0.15, 0.2) is 6.10 Å². The van der Waals surface area contributed by atoms with Gasteiger partial charge in [-0.05, 0) is 12.5 Å². The third-order valence-electron chi connectivity index (χ3n) is 1.97. The molecule has 0 saturated carbocycles. The monoisotopic (exact) mass is 300 g/mol. The highest BCUT2D eigenvalue weighted by atomic mass is 79.9. The predicted octanol–water partition coefficient (Wildman–Crippen LogP) is 2.06. The van der Waals surface area contributed by atoms with E-state index >= 15 is 0 Å². The minimum Gasteiger partial charge on any atom is -0.458 e. The highest BCUT2D eigenvalue weighted by molar-refractivity contribution is 9.09. The molecule has 0 unspecified atom stereocenters. The van der Waals surface area contributed by atoms with Crippen LogP contribution in [-0.4, -0.2) is 23.4 Å². The highest BCUT2D eigenvalue weighted by Crippen LogP contribution is 2.03. The van der Waals surface area contributed by atoms with Crippen LogP contribution in [0.3, 0.4) is 0 Å². The maximum atomic E-state index is 11.5. The summed E-state index contributed by atoms with van der Waals surface area (Å²) in [5.74, 6) is -1.04. The molecule has 92 valence electrons. The number of alkyl halides is 1. The van der Waals surface area contributed by atoms with E-state index in [0.717, 1.165) is 5.56 Å². The first-order valence-electron chi connectivity index (χ1n) is 5.09. The number of esters is 2. The molecule has 0 aliphatic heterocycles. The number of carbonyl (C=O) groups is 2. The molecule has 0 fully saturated rings. The molecular weight excluding hydrogens is 288 g/mol. The van der Waals surface area contributed by atoms with E-state index in [1.807, 2.05) is 30.3 Å². The SMILES string of the molecule is C[C@H](OC(=O)CBr)C(=O)OCc1ccccc1. The number of hydrogen-bond donors (Lipinski definition) is 0. The minimum absolute atomic E-state index is 0.0588. The molecule has 1 rings (SSSR count). The lowest BCUT2D eigenvalue weighted by molar-refractivity contribution is -0.165. The molecule has 0 aromatic heterocycles. The van der Waals surface area contributed by atoms with Gasteiger partial charge in [0.2, 0.25) is 0 Å². The summed E-state index contributed by atoms with van der Waals surface area (Å²) in [6.45, 7) is 1.66. The molecule has 0 N–H and O–H groups in total. The summed E-state index contributed by atoms with van der Waals surface area (Å²) in [6.07, 6.45) is -0.885. The number of halogens is 1. The van der Waals surface area contributed by atoms with E-state index in [0.29, 0.717) is 0 Å². The van der Waals surface area contributed by atoms with Crippen LogP contribution in [0.5, 0.6) is 0 Å². The van der Waals surface area contributed by atoms with Crippen molar-refractivity contribution in [2.24, 2.45) is 0 Å². The number of hydrogen-bond acceptors (Lipinski definition) is 4. The van der Waals surface area contributed by atoms with Crippen LogP contribution in [0.2, 0.25) is 0 Å². The minimum atomic E-state index is -0.885. The third kappa shape index (κ3) is 4.99. The fourth-order valence-corrected chi connectivity index (χ4v) is 1.25. The summed E-state index contributed by atoms with van der Waals surface area (Å²) in [4.78, 5) is 22.4. The number of rotatable bonds is 5. The molecule has 5 heteroatoms. The second-order valence-electron chi connectivity index (χ2n) is 3.36. The van der Waals surface area contributed by atoms with Crippen LogP contribution < -0.4 is 0 Å². The standard InChI is InChI=1S/C12H13BrO4/c1-9(17-11(14)7-13)12(15)16-8-10-5-3-2-4-6-10/h2-6,9H,7-8H2,1H3/t9-/m0/s1. The van der Waals surface area contributed by atoms with Crippen LogP contribution in [0.4, 0.5) is 0 Å². The topological polar surface area (TPSA) is 52.6 Å². The lowest BCUT2D eigenvalue weighted by atomic mass is 10.2. The van der Waals surface area contributed by atoms with Crippen molar-refractivity contribution in [1.82, 2.24) is 0 Å². The van der Waals surface area contributed by atoms with Crippen LogP contribution in [0, 0.1) is 0 Å². The van der Waals surface area contributed by atoms with Crippen LogP contribution >= 0.6 is 15.9 Å². The van der Waals surface area contributed by atoms with Crippen molar-refractivity contribution in [1.29, 1.82) is 0 Å². The van der Waals surface area contributed by atoms with Crippen LogP contribution in [0.1, 0.15) is 12.5 Å². The predicted molar refractivity (Wildman–Crippen MR) is 65.6 cm³/mol. The molecular formula is C12H13BrO4. The van der Waals surface area contributed by atoms with E-state index in [2.05, 4.69) is 15.9 Å². The third-order valence-corrected chi connectivity index (χ3v) is 2.43. The van der Waals surface area contributed by atoms with Crippen LogP contribution in [0.15, 0.2) is 30.3 Å². The van der Waals surface area contributed by atoms with Crippen molar-refractivity contribution in [2.75, 3.05) is 5.33 Å². The Morgan fingerprint density at radius 2 is 1.94 bits per heavy atom. The van der Waals surface area contributed by atoms with E-state index in [9.17, 15) is 9.59 Å². The maximum absolute atomic E-state index is 11.5. The molecule has 1 aromatic rings. The van der Waals surface area contributed by atoms with E-state index in [-0.39, 0.29) is 11.9 Å². The highest BCUT2D eigenvalue weighted by Gasteiger charge is 2.18. The van der Waals surface area contributed by atoms with Gasteiger partial charge in [0, 0.05) is 0 Å². The zero-order chi connectivity index (χ0) is 12.7. The molecule has 0 bridgehead atoms. The summed E-state index contributed by atoms with van der Waals surface area (Å²) < 4.78 is 9.79. The Morgan fingerprint density at radius 1 is 1.29 bits per heavy atom. The smallest absolute Gasteiger partial charge is 0.347 e. The molecule has 0 aliphatic carbocycles. The molecule has 0 aliphatic rings. The zero-order valence-electron chi connectivity index (χ0n) is 9.39. The van der Waals surface area contributed by atoms with E-state index < -0.39 is 18.0 Å². The first kappa shape index (κ1) is 13.7. The van der Waals surface area contributed by atoms with Crippen molar-refractivity contribution >= 4 is 27.9 Å². The molecule has 0 spiro atoms. The maximum Gasteiger partial charge on any atom is 0.347 e. The summed E-state index contributed by atoms with van der Waals surface area (Å²) in [5.41, 5.74) is 0.889. The van der Waals surface area contributed by atoms with Gasteiger partial charge in [0.05, 0.1) is 0 Å². The second-order valence-corrected chi connectivity index (χ2v) is 3.92. The molecule has 0 saturated heterocycles. The van der Waals surface area contributed by atoms with Crippen molar-refractivity contribution in [3.63, 3.8) is 0 Å². The fraction of sp³-hybridized carbons (Fsp3) is 0.333. The summed E-state index contributed by atoms with van der Waals surface area (Å²) in [5, 5.41) is 0.0588. The lowest BCUT2D eigenvalue weighted by Gasteiger charge is -2.11. The molecule has 1 atom stereocenters. The largest absolute Gasteiger partial charge is 0.458 e. The van der Waals surface area contributed by atoms with E-state index in [1.165, 1.54) is 6.92 Å². The second kappa shape index (κ2) is 7.06. The van der Waals surface area contributed by atoms with Gasteiger partial charge >= 0.3 is 11.9 Å². The molecule has 0 radical (unpaired) electrons. The van der Waals surface area contributed by atoms with Gasteiger partial charge in [-0.2, -0.15) is 0 Å². The zero-order valence-corrected chi connectivity index (χ0v) is 11.0. The van der Waals surface area contributed by atoms with Gasteiger partial charge in [-0.25, -0.2) is 4.79 Å². The van der Waals surface area contributed by atoms with Crippen molar-refractivity contribution < 1.29 is 19.1 Å². The summed E-state index contributed by atoms with van der Waals surface area (Å²) >= 11 is 2.94. The van der Waals surface area contributed by atoms with Gasteiger partial charge in [-0.15, -0.1) is 0 Å². The average Bonchev–Trinajstić information content (AvgIpc) is 2.36. The number of benzene rings is 1. The Bertz CT molecular complexity index is 377. The lowest BCUT2D eigenvalue weighted by Crippen LogP contribution is -2.26. The van der Waals surface area contributed by atoms with Gasteiger partial charge in [0.25, 0.3) is 0 Å². The van der Waals surface area contributed by atoms with E-state index in [4.69, 9.17) is 9.47 Å².